The number of carbonyl (C=O) groups excluding carboxylic acids is 2. The first-order chi connectivity index (χ1) is 12.6. The second-order valence-corrected chi connectivity index (χ2v) is 7.73. The molecule has 0 aromatic carbocycles. The Morgan fingerprint density at radius 2 is 1.92 bits per heavy atom. The summed E-state index contributed by atoms with van der Waals surface area (Å²) < 4.78 is 5.22. The fourth-order valence-electron chi connectivity index (χ4n) is 4.38. The zero-order valence-electron chi connectivity index (χ0n) is 16.1. The van der Waals surface area contributed by atoms with Gasteiger partial charge in [0.2, 0.25) is 11.8 Å². The van der Waals surface area contributed by atoms with Crippen molar-refractivity contribution < 1.29 is 14.1 Å². The van der Waals surface area contributed by atoms with Crippen molar-refractivity contribution in [3.63, 3.8) is 0 Å². The maximum absolute atomic E-state index is 13.2. The van der Waals surface area contributed by atoms with Gasteiger partial charge in [-0.2, -0.15) is 0 Å². The molecule has 1 aromatic rings. The van der Waals surface area contributed by atoms with Crippen LogP contribution in [0.3, 0.4) is 0 Å². The van der Waals surface area contributed by atoms with Crippen molar-refractivity contribution in [1.29, 1.82) is 0 Å². The van der Waals surface area contributed by atoms with E-state index in [1.165, 1.54) is 0 Å². The van der Waals surface area contributed by atoms with Crippen molar-refractivity contribution in [3.05, 3.63) is 17.0 Å². The molecule has 2 atom stereocenters. The summed E-state index contributed by atoms with van der Waals surface area (Å²) in [6.45, 7) is 5.24. The molecule has 6 nitrogen and oxygen atoms in total. The highest BCUT2D eigenvalue weighted by Crippen LogP contribution is 2.30. The lowest BCUT2D eigenvalue weighted by Crippen LogP contribution is -2.51. The van der Waals surface area contributed by atoms with E-state index in [0.717, 1.165) is 75.7 Å². The summed E-state index contributed by atoms with van der Waals surface area (Å²) >= 11 is 0. The molecular formula is C20H31N3O3. The Morgan fingerprint density at radius 1 is 1.15 bits per heavy atom. The third-order valence-electron chi connectivity index (χ3n) is 5.92. The van der Waals surface area contributed by atoms with E-state index in [1.807, 2.05) is 18.7 Å². The molecule has 0 bridgehead atoms. The lowest BCUT2D eigenvalue weighted by molar-refractivity contribution is -0.138. The Kier molecular flexibility index (Phi) is 6.33. The van der Waals surface area contributed by atoms with Crippen molar-refractivity contribution in [1.82, 2.24) is 15.4 Å². The Morgan fingerprint density at radius 3 is 2.69 bits per heavy atom. The normalized spacial score (nSPS) is 25.2. The second kappa shape index (κ2) is 8.69. The van der Waals surface area contributed by atoms with Gasteiger partial charge in [0.1, 0.15) is 5.76 Å². The molecule has 1 saturated heterocycles. The summed E-state index contributed by atoms with van der Waals surface area (Å²) in [5.74, 6) is 0.872. The van der Waals surface area contributed by atoms with Crippen LogP contribution in [0, 0.1) is 19.8 Å². The van der Waals surface area contributed by atoms with Gasteiger partial charge in [0.05, 0.1) is 18.0 Å². The van der Waals surface area contributed by atoms with Crippen LogP contribution >= 0.6 is 0 Å². The van der Waals surface area contributed by atoms with Crippen molar-refractivity contribution in [3.8, 4) is 0 Å². The number of nitrogens with one attached hydrogen (secondary N) is 1. The molecule has 1 aliphatic carbocycles. The summed E-state index contributed by atoms with van der Waals surface area (Å²) in [6, 6.07) is 0.0230. The molecule has 0 spiro atoms. The molecule has 1 N–H and O–H groups in total. The molecule has 0 unspecified atom stereocenters. The molecule has 2 fully saturated rings. The van der Waals surface area contributed by atoms with Crippen LogP contribution in [-0.2, 0) is 16.0 Å². The van der Waals surface area contributed by atoms with Gasteiger partial charge in [-0.15, -0.1) is 0 Å². The summed E-state index contributed by atoms with van der Waals surface area (Å²) in [5, 5.41) is 7.07. The lowest BCUT2D eigenvalue weighted by atomic mass is 9.82. The minimum absolute atomic E-state index is 0.0230. The molecule has 26 heavy (non-hydrogen) atoms. The van der Waals surface area contributed by atoms with Gasteiger partial charge in [-0.25, -0.2) is 0 Å². The van der Waals surface area contributed by atoms with Crippen LogP contribution in [0.25, 0.3) is 0 Å². The van der Waals surface area contributed by atoms with Gasteiger partial charge in [0.15, 0.2) is 0 Å². The van der Waals surface area contributed by atoms with E-state index in [0.29, 0.717) is 12.2 Å². The van der Waals surface area contributed by atoms with Crippen molar-refractivity contribution in [2.45, 2.75) is 77.7 Å². The summed E-state index contributed by atoms with van der Waals surface area (Å²) in [7, 11) is 0. The largest absolute Gasteiger partial charge is 0.361 e. The van der Waals surface area contributed by atoms with Crippen LogP contribution in [0.5, 0.6) is 0 Å². The van der Waals surface area contributed by atoms with E-state index < -0.39 is 0 Å². The van der Waals surface area contributed by atoms with Crippen LogP contribution in [0.4, 0.5) is 0 Å². The molecular weight excluding hydrogens is 330 g/mol. The van der Waals surface area contributed by atoms with E-state index >= 15 is 0 Å². The van der Waals surface area contributed by atoms with Gasteiger partial charge in [-0.05, 0) is 39.5 Å². The number of nitrogens with zero attached hydrogens (tertiary/aromatic N) is 2. The molecule has 2 heterocycles. The third-order valence-corrected chi connectivity index (χ3v) is 5.92. The molecule has 1 saturated carbocycles. The van der Waals surface area contributed by atoms with Gasteiger partial charge >= 0.3 is 0 Å². The number of amides is 2. The maximum Gasteiger partial charge on any atom is 0.227 e. The standard InChI is InChI=1S/C20H31N3O3/c1-14-17(15(2)26-22-14)13-19(24)23-12-8-4-3-7-11-21-20(25)16-9-5-6-10-18(16)23/h16,18H,3-13H2,1-2H3,(H,21,25)/t16-,18+/m1/s1. The Bertz CT molecular complexity index is 621. The number of fused-ring (bicyclic) bond motifs is 1. The molecule has 2 aliphatic rings. The highest BCUT2D eigenvalue weighted by Gasteiger charge is 2.37. The summed E-state index contributed by atoms with van der Waals surface area (Å²) in [4.78, 5) is 27.9. The summed E-state index contributed by atoms with van der Waals surface area (Å²) in [5.41, 5.74) is 1.67. The minimum atomic E-state index is -0.0736. The maximum atomic E-state index is 13.2. The van der Waals surface area contributed by atoms with E-state index in [1.54, 1.807) is 0 Å². The van der Waals surface area contributed by atoms with Crippen LogP contribution < -0.4 is 5.32 Å². The molecule has 3 rings (SSSR count). The fraction of sp³-hybridized carbons (Fsp3) is 0.750. The van der Waals surface area contributed by atoms with Crippen molar-refractivity contribution >= 4 is 11.8 Å². The van der Waals surface area contributed by atoms with E-state index in [9.17, 15) is 9.59 Å². The van der Waals surface area contributed by atoms with Crippen LogP contribution in [0.15, 0.2) is 4.52 Å². The number of aromatic nitrogens is 1. The molecule has 1 aromatic heterocycles. The third kappa shape index (κ3) is 4.27. The first-order valence-electron chi connectivity index (χ1n) is 10.1. The van der Waals surface area contributed by atoms with Gasteiger partial charge in [0.25, 0.3) is 0 Å². The van der Waals surface area contributed by atoms with E-state index in [-0.39, 0.29) is 23.8 Å². The van der Waals surface area contributed by atoms with Gasteiger partial charge in [0, 0.05) is 24.7 Å². The Balaban J connectivity index is 1.81. The monoisotopic (exact) mass is 361 g/mol. The Labute approximate surface area is 155 Å². The van der Waals surface area contributed by atoms with Crippen molar-refractivity contribution in [2.24, 2.45) is 5.92 Å². The number of hydrogen-bond acceptors (Lipinski definition) is 4. The summed E-state index contributed by atoms with van der Waals surface area (Å²) in [6.07, 6.45) is 8.50. The Hall–Kier alpha value is -1.85. The number of aryl methyl sites for hydroxylation is 2. The second-order valence-electron chi connectivity index (χ2n) is 7.73. The zero-order chi connectivity index (χ0) is 18.5. The fourth-order valence-corrected chi connectivity index (χ4v) is 4.38. The average molecular weight is 361 g/mol. The van der Waals surface area contributed by atoms with E-state index in [4.69, 9.17) is 4.52 Å². The molecule has 0 radical (unpaired) electrons. The first-order valence-corrected chi connectivity index (χ1v) is 10.1. The smallest absolute Gasteiger partial charge is 0.227 e. The lowest BCUT2D eigenvalue weighted by Gasteiger charge is -2.39. The van der Waals surface area contributed by atoms with Crippen molar-refractivity contribution in [2.75, 3.05) is 13.1 Å². The predicted octanol–water partition coefficient (Wildman–Crippen LogP) is 2.91. The number of rotatable bonds is 2. The first kappa shape index (κ1) is 18.9. The minimum Gasteiger partial charge on any atom is -0.361 e. The average Bonchev–Trinajstić information content (AvgIpc) is 2.93. The van der Waals surface area contributed by atoms with Gasteiger partial charge in [-0.3, -0.25) is 9.59 Å². The highest BCUT2D eigenvalue weighted by molar-refractivity contribution is 5.83. The number of hydrogen-bond donors (Lipinski definition) is 1. The molecule has 2 amide bonds. The van der Waals surface area contributed by atoms with Crippen LogP contribution in [0.2, 0.25) is 0 Å². The van der Waals surface area contributed by atoms with Gasteiger partial charge < -0.3 is 14.7 Å². The molecule has 144 valence electrons. The SMILES string of the molecule is Cc1noc(C)c1CC(=O)N1CCCCCCNC(=O)[C@@H]2CCCC[C@@H]21. The topological polar surface area (TPSA) is 75.4 Å². The predicted molar refractivity (Wildman–Crippen MR) is 98.6 cm³/mol. The van der Waals surface area contributed by atoms with E-state index in [2.05, 4.69) is 10.5 Å². The number of carbonyl (C=O) groups is 2. The highest BCUT2D eigenvalue weighted by atomic mass is 16.5. The molecule has 6 heteroatoms. The van der Waals surface area contributed by atoms with Crippen LogP contribution in [-0.4, -0.2) is 41.0 Å². The molecule has 1 aliphatic heterocycles. The zero-order valence-corrected chi connectivity index (χ0v) is 16.1. The van der Waals surface area contributed by atoms with Gasteiger partial charge in [-0.1, -0.05) is 30.8 Å². The quantitative estimate of drug-likeness (QED) is 0.879. The van der Waals surface area contributed by atoms with Crippen LogP contribution in [0.1, 0.15) is 68.4 Å².